The Morgan fingerprint density at radius 2 is 1.63 bits per heavy atom. The number of halogens is 1. The highest BCUT2D eigenvalue weighted by Gasteiger charge is 2.34. The number of amides is 2. The van der Waals surface area contributed by atoms with Gasteiger partial charge in [-0.15, -0.1) is 0 Å². The van der Waals surface area contributed by atoms with E-state index in [-0.39, 0.29) is 39.8 Å². The SMILES string of the molecule is COc1ccc(CN(C(=O)CN(c2cc(Cl)ccc2OC)S(=O)(=O)c2ccc(C)cc2)[C@H](C)C(=O)NC2CCCC2)cc1. The lowest BCUT2D eigenvalue weighted by Gasteiger charge is -2.33. The number of nitrogens with one attached hydrogen (secondary N) is 1. The number of hydrogen-bond donors (Lipinski definition) is 1. The lowest BCUT2D eigenvalue weighted by Crippen LogP contribution is -2.52. The Morgan fingerprint density at radius 3 is 2.23 bits per heavy atom. The van der Waals surface area contributed by atoms with E-state index in [2.05, 4.69) is 5.32 Å². The molecule has 0 unspecified atom stereocenters. The summed E-state index contributed by atoms with van der Waals surface area (Å²) in [7, 11) is -1.29. The van der Waals surface area contributed by atoms with Crippen LogP contribution >= 0.6 is 11.6 Å². The summed E-state index contributed by atoms with van der Waals surface area (Å²) in [4.78, 5) is 29.0. The zero-order valence-electron chi connectivity index (χ0n) is 24.9. The standard InChI is InChI=1S/C32H38ClN3O6S/c1-22-9-16-28(17-10-22)43(39,40)36(29-19-25(33)13-18-30(29)42-4)21-31(37)35(20-24-11-14-27(41-3)15-12-24)23(2)32(38)34-26-7-5-6-8-26/h9-19,23,26H,5-8,20-21H2,1-4H3,(H,34,38)/t23-/m1/s1. The number of sulfonamides is 1. The molecule has 3 aromatic rings. The summed E-state index contributed by atoms with van der Waals surface area (Å²) < 4.78 is 40.0. The number of anilines is 1. The molecule has 0 bridgehead atoms. The Balaban J connectivity index is 1.73. The van der Waals surface area contributed by atoms with Crippen molar-refractivity contribution in [3.05, 3.63) is 82.9 Å². The molecule has 43 heavy (non-hydrogen) atoms. The lowest BCUT2D eigenvalue weighted by atomic mass is 10.1. The number of hydrogen-bond acceptors (Lipinski definition) is 6. The van der Waals surface area contributed by atoms with Crippen LogP contribution in [0.3, 0.4) is 0 Å². The molecule has 230 valence electrons. The molecule has 3 aromatic carbocycles. The first kappa shape index (κ1) is 32.2. The average molecular weight is 628 g/mol. The highest BCUT2D eigenvalue weighted by molar-refractivity contribution is 7.92. The van der Waals surface area contributed by atoms with Crippen LogP contribution < -0.4 is 19.1 Å². The van der Waals surface area contributed by atoms with E-state index < -0.39 is 28.5 Å². The smallest absolute Gasteiger partial charge is 0.264 e. The van der Waals surface area contributed by atoms with Crippen LogP contribution in [0.2, 0.25) is 5.02 Å². The van der Waals surface area contributed by atoms with Gasteiger partial charge >= 0.3 is 0 Å². The van der Waals surface area contributed by atoms with Gasteiger partial charge in [0.2, 0.25) is 11.8 Å². The summed E-state index contributed by atoms with van der Waals surface area (Å²) in [6, 6.07) is 17.3. The van der Waals surface area contributed by atoms with Crippen molar-refractivity contribution < 1.29 is 27.5 Å². The maximum atomic E-state index is 14.2. The Bertz CT molecular complexity index is 1520. The predicted octanol–water partition coefficient (Wildman–Crippen LogP) is 5.34. The number of methoxy groups -OCH3 is 2. The van der Waals surface area contributed by atoms with Crippen molar-refractivity contribution in [2.75, 3.05) is 25.1 Å². The van der Waals surface area contributed by atoms with Crippen LogP contribution in [0, 0.1) is 6.92 Å². The number of ether oxygens (including phenoxy) is 2. The molecule has 0 aromatic heterocycles. The second-order valence-electron chi connectivity index (χ2n) is 10.7. The molecule has 0 heterocycles. The number of rotatable bonds is 12. The van der Waals surface area contributed by atoms with Gasteiger partial charge in [0.15, 0.2) is 0 Å². The molecule has 11 heteroatoms. The van der Waals surface area contributed by atoms with Crippen molar-refractivity contribution in [3.8, 4) is 11.5 Å². The topological polar surface area (TPSA) is 105 Å². The first-order chi connectivity index (χ1) is 20.5. The zero-order chi connectivity index (χ0) is 31.1. The van der Waals surface area contributed by atoms with Gasteiger partial charge in [-0.05, 0) is 74.7 Å². The van der Waals surface area contributed by atoms with Crippen molar-refractivity contribution in [2.45, 2.75) is 63.1 Å². The van der Waals surface area contributed by atoms with E-state index in [1.54, 1.807) is 50.4 Å². The third-order valence-electron chi connectivity index (χ3n) is 7.68. The number of carbonyl (C=O) groups is 2. The number of benzene rings is 3. The fourth-order valence-electron chi connectivity index (χ4n) is 5.11. The van der Waals surface area contributed by atoms with E-state index in [4.69, 9.17) is 21.1 Å². The van der Waals surface area contributed by atoms with Crippen molar-refractivity contribution in [1.82, 2.24) is 10.2 Å². The van der Waals surface area contributed by atoms with Gasteiger partial charge < -0.3 is 19.7 Å². The first-order valence-electron chi connectivity index (χ1n) is 14.2. The van der Waals surface area contributed by atoms with Gasteiger partial charge in [-0.25, -0.2) is 8.42 Å². The largest absolute Gasteiger partial charge is 0.497 e. The van der Waals surface area contributed by atoms with E-state index in [1.165, 1.54) is 30.2 Å². The fraction of sp³-hybridized carbons (Fsp3) is 0.375. The van der Waals surface area contributed by atoms with E-state index in [1.807, 2.05) is 19.1 Å². The summed E-state index contributed by atoms with van der Waals surface area (Å²) in [6.07, 6.45) is 3.87. The van der Waals surface area contributed by atoms with Gasteiger partial charge in [0.05, 0.1) is 24.8 Å². The number of nitrogens with zero attached hydrogens (tertiary/aromatic N) is 2. The van der Waals surface area contributed by atoms with Crippen molar-refractivity contribution in [3.63, 3.8) is 0 Å². The third-order valence-corrected chi connectivity index (χ3v) is 9.69. The molecule has 1 fully saturated rings. The van der Waals surface area contributed by atoms with Crippen molar-refractivity contribution >= 4 is 39.1 Å². The van der Waals surface area contributed by atoms with Crippen LogP contribution in [-0.4, -0.2) is 58.0 Å². The molecular weight excluding hydrogens is 590 g/mol. The molecule has 1 saturated carbocycles. The van der Waals surface area contributed by atoms with Gasteiger partial charge in [0, 0.05) is 17.6 Å². The van der Waals surface area contributed by atoms with Crippen LogP contribution in [0.4, 0.5) is 5.69 Å². The van der Waals surface area contributed by atoms with Crippen LogP contribution in [0.15, 0.2) is 71.6 Å². The van der Waals surface area contributed by atoms with Crippen molar-refractivity contribution in [2.24, 2.45) is 0 Å². The highest BCUT2D eigenvalue weighted by Crippen LogP contribution is 2.35. The van der Waals surface area contributed by atoms with E-state index >= 15 is 0 Å². The van der Waals surface area contributed by atoms with E-state index in [0.29, 0.717) is 5.75 Å². The Morgan fingerprint density at radius 1 is 0.977 bits per heavy atom. The molecule has 2 amide bonds. The maximum Gasteiger partial charge on any atom is 0.264 e. The molecule has 1 aliphatic rings. The minimum absolute atomic E-state index is 0.00154. The first-order valence-corrected chi connectivity index (χ1v) is 16.0. The molecular formula is C32H38ClN3O6S. The molecule has 0 radical (unpaired) electrons. The summed E-state index contributed by atoms with van der Waals surface area (Å²) in [6.45, 7) is 2.99. The minimum Gasteiger partial charge on any atom is -0.497 e. The van der Waals surface area contributed by atoms with Gasteiger partial charge in [-0.2, -0.15) is 0 Å². The van der Waals surface area contributed by atoms with Gasteiger partial charge in [0.25, 0.3) is 10.0 Å². The molecule has 1 aliphatic carbocycles. The maximum absolute atomic E-state index is 14.2. The summed E-state index contributed by atoms with van der Waals surface area (Å²) in [5.41, 5.74) is 1.74. The van der Waals surface area contributed by atoms with Crippen LogP contribution in [0.5, 0.6) is 11.5 Å². The summed E-state index contributed by atoms with van der Waals surface area (Å²) in [5.74, 6) is 0.0170. The average Bonchev–Trinajstić information content (AvgIpc) is 3.51. The second kappa shape index (κ2) is 14.1. The summed E-state index contributed by atoms with van der Waals surface area (Å²) in [5, 5.41) is 3.34. The highest BCUT2D eigenvalue weighted by atomic mass is 35.5. The van der Waals surface area contributed by atoms with Crippen LogP contribution in [0.25, 0.3) is 0 Å². The molecule has 4 rings (SSSR count). The summed E-state index contributed by atoms with van der Waals surface area (Å²) >= 11 is 6.30. The van der Waals surface area contributed by atoms with Gasteiger partial charge in [-0.3, -0.25) is 13.9 Å². The quantitative estimate of drug-likeness (QED) is 0.291. The molecule has 0 aliphatic heterocycles. The Labute approximate surface area is 258 Å². The third kappa shape index (κ3) is 7.80. The van der Waals surface area contributed by atoms with Gasteiger partial charge in [-0.1, -0.05) is 54.3 Å². The molecule has 0 saturated heterocycles. The Hall–Kier alpha value is -3.76. The normalized spacial score (nSPS) is 14.2. The molecule has 1 N–H and O–H groups in total. The molecule has 9 nitrogen and oxygen atoms in total. The van der Waals surface area contributed by atoms with Crippen LogP contribution in [0.1, 0.15) is 43.7 Å². The molecule has 0 spiro atoms. The predicted molar refractivity (Wildman–Crippen MR) is 167 cm³/mol. The van der Waals surface area contributed by atoms with Crippen molar-refractivity contribution in [1.29, 1.82) is 0 Å². The number of carbonyl (C=O) groups excluding carboxylic acids is 2. The van der Waals surface area contributed by atoms with E-state index in [0.717, 1.165) is 41.1 Å². The minimum atomic E-state index is -4.27. The molecule has 1 atom stereocenters. The monoisotopic (exact) mass is 627 g/mol. The van der Waals surface area contributed by atoms with E-state index in [9.17, 15) is 18.0 Å². The number of aryl methyl sites for hydroxylation is 1. The van der Waals surface area contributed by atoms with Gasteiger partial charge in [0.1, 0.15) is 24.1 Å². The van der Waals surface area contributed by atoms with Crippen LogP contribution in [-0.2, 0) is 26.2 Å². The second-order valence-corrected chi connectivity index (χ2v) is 13.0. The fourth-order valence-corrected chi connectivity index (χ4v) is 6.69. The zero-order valence-corrected chi connectivity index (χ0v) is 26.5. The Kier molecular flexibility index (Phi) is 10.6. The lowest BCUT2D eigenvalue weighted by molar-refractivity contribution is -0.139.